The van der Waals surface area contributed by atoms with Crippen molar-refractivity contribution < 1.29 is 4.74 Å². The Bertz CT molecular complexity index is 1210. The summed E-state index contributed by atoms with van der Waals surface area (Å²) in [7, 11) is 0. The summed E-state index contributed by atoms with van der Waals surface area (Å²) in [4.78, 5) is 0. The van der Waals surface area contributed by atoms with E-state index in [0.29, 0.717) is 11.8 Å². The molecule has 320 valence electrons. The van der Waals surface area contributed by atoms with Gasteiger partial charge < -0.3 is 4.74 Å². The number of hydrogen-bond acceptors (Lipinski definition) is 1. The Morgan fingerprint density at radius 1 is 0.386 bits per heavy atom. The summed E-state index contributed by atoms with van der Waals surface area (Å²) in [5, 5.41) is 0. The molecule has 0 heterocycles. The molecular weight excluding hydrogens is 689 g/mol. The highest BCUT2D eigenvalue weighted by atomic mass is 16.5. The van der Waals surface area contributed by atoms with Crippen molar-refractivity contribution in [3.8, 4) is 0 Å². The van der Waals surface area contributed by atoms with Crippen LogP contribution >= 0.6 is 0 Å². The summed E-state index contributed by atoms with van der Waals surface area (Å²) in [6.07, 6.45) is 42.3. The van der Waals surface area contributed by atoms with Gasteiger partial charge in [0, 0.05) is 0 Å². The number of ether oxygens (including phenoxy) is 1. The minimum Gasteiger partial charge on any atom is -0.365 e. The van der Waals surface area contributed by atoms with Gasteiger partial charge in [-0.15, -0.1) is 0 Å². The lowest BCUT2D eigenvalue weighted by Gasteiger charge is -2.43. The van der Waals surface area contributed by atoms with Crippen molar-refractivity contribution >= 4 is 0 Å². The minimum atomic E-state index is 0.200. The van der Waals surface area contributed by atoms with Crippen molar-refractivity contribution in [2.24, 2.45) is 47.3 Å². The summed E-state index contributed by atoms with van der Waals surface area (Å²) in [6, 6.07) is 19.8. The molecule has 0 aliphatic heterocycles. The fraction of sp³-hybridized carbons (Fsp3) is 0.786. The van der Waals surface area contributed by atoms with Crippen LogP contribution in [0.2, 0.25) is 0 Å². The first-order valence-corrected chi connectivity index (χ1v) is 25.9. The van der Waals surface area contributed by atoms with Gasteiger partial charge in [0.25, 0.3) is 0 Å². The maximum Gasteiger partial charge on any atom is 0.0861 e. The molecule has 2 unspecified atom stereocenters. The van der Waals surface area contributed by atoms with Gasteiger partial charge in [-0.2, -0.15) is 0 Å². The Labute approximate surface area is 354 Å². The molecule has 6 rings (SSSR count). The third-order valence-corrected chi connectivity index (χ3v) is 16.6. The third kappa shape index (κ3) is 13.7. The van der Waals surface area contributed by atoms with Crippen LogP contribution in [0.15, 0.2) is 48.5 Å². The molecule has 0 radical (unpaired) electrons. The van der Waals surface area contributed by atoms with Crippen molar-refractivity contribution in [3.63, 3.8) is 0 Å². The summed E-state index contributed by atoms with van der Waals surface area (Å²) >= 11 is 0. The standard InChI is InChI=1S/C56H90O/c1-5-9-13-17-45-23-31-51(32-24-45)55(53-39-35-49(36-40-53)47-27-19-43(20-28-47)15-11-7-3)57-56(52-33-25-46(26-34-52)18-14-10-6-2)54-41-37-50(38-42-54)48-29-21-44(22-30-48)16-12-8-4/h23-26,31-34,43-44,47-50,53-56H,5-22,27-30,35-42H2,1-4H3/t43-,44-,47-,48-,49-,50-,53-,54-,55?,56?. The monoisotopic (exact) mass is 779 g/mol. The molecule has 57 heavy (non-hydrogen) atoms. The smallest absolute Gasteiger partial charge is 0.0861 e. The predicted octanol–water partition coefficient (Wildman–Crippen LogP) is 17.6. The van der Waals surface area contributed by atoms with Crippen LogP contribution in [0.25, 0.3) is 0 Å². The molecule has 2 aromatic carbocycles. The van der Waals surface area contributed by atoms with E-state index in [2.05, 4.69) is 76.2 Å². The molecule has 2 atom stereocenters. The van der Waals surface area contributed by atoms with Crippen molar-refractivity contribution in [1.82, 2.24) is 0 Å². The predicted molar refractivity (Wildman–Crippen MR) is 247 cm³/mol. The van der Waals surface area contributed by atoms with E-state index in [-0.39, 0.29) is 12.2 Å². The molecule has 0 bridgehead atoms. The highest BCUT2D eigenvalue weighted by molar-refractivity contribution is 5.28. The van der Waals surface area contributed by atoms with Crippen LogP contribution < -0.4 is 0 Å². The molecule has 2 aromatic rings. The molecule has 4 aliphatic carbocycles. The van der Waals surface area contributed by atoms with Gasteiger partial charge in [-0.25, -0.2) is 0 Å². The van der Waals surface area contributed by atoms with E-state index in [1.54, 1.807) is 0 Å². The second-order valence-corrected chi connectivity index (χ2v) is 20.6. The van der Waals surface area contributed by atoms with Gasteiger partial charge in [-0.05, 0) is 172 Å². The van der Waals surface area contributed by atoms with Crippen molar-refractivity contribution in [3.05, 3.63) is 70.8 Å². The SMILES string of the molecule is CCCCCc1ccc(C(OC(c2ccc(CCCCC)cc2)[C@H]2CC[C@H]([C@H]3CC[C@H](CCCC)CC3)CC2)[C@H]2CC[C@H]([C@H]3CC[C@H](CCCC)CC3)CC2)cc1. The number of aryl methyl sites for hydroxylation is 2. The van der Waals surface area contributed by atoms with Crippen molar-refractivity contribution in [2.45, 2.75) is 233 Å². The van der Waals surface area contributed by atoms with E-state index in [1.165, 1.54) is 215 Å². The first kappa shape index (κ1) is 44.9. The topological polar surface area (TPSA) is 9.23 Å². The van der Waals surface area contributed by atoms with Crippen LogP contribution in [-0.2, 0) is 17.6 Å². The summed E-state index contributed by atoms with van der Waals surface area (Å²) in [5.41, 5.74) is 5.95. The molecule has 0 N–H and O–H groups in total. The van der Waals surface area contributed by atoms with Gasteiger partial charge >= 0.3 is 0 Å². The minimum absolute atomic E-state index is 0.200. The van der Waals surface area contributed by atoms with Crippen molar-refractivity contribution in [2.75, 3.05) is 0 Å². The Morgan fingerprint density at radius 3 is 1.02 bits per heavy atom. The average Bonchev–Trinajstić information content (AvgIpc) is 3.27. The lowest BCUT2D eigenvalue weighted by molar-refractivity contribution is -0.0934. The zero-order chi connectivity index (χ0) is 39.7. The van der Waals surface area contributed by atoms with Crippen LogP contribution in [0.3, 0.4) is 0 Å². The molecule has 0 saturated heterocycles. The maximum absolute atomic E-state index is 7.84. The number of unbranched alkanes of at least 4 members (excludes halogenated alkanes) is 6. The van der Waals surface area contributed by atoms with Crippen molar-refractivity contribution in [1.29, 1.82) is 0 Å². The molecule has 0 spiro atoms. The normalized spacial score (nSPS) is 29.5. The zero-order valence-electron chi connectivity index (χ0n) is 38.0. The molecule has 1 heteroatoms. The zero-order valence-corrected chi connectivity index (χ0v) is 38.0. The quantitative estimate of drug-likeness (QED) is 0.108. The van der Waals surface area contributed by atoms with E-state index in [0.717, 1.165) is 35.5 Å². The second kappa shape index (κ2) is 24.6. The maximum atomic E-state index is 7.84. The van der Waals surface area contributed by atoms with Gasteiger partial charge in [-0.1, -0.05) is 166 Å². The summed E-state index contributed by atoms with van der Waals surface area (Å²) < 4.78 is 7.84. The van der Waals surface area contributed by atoms with Gasteiger partial charge in [0.05, 0.1) is 12.2 Å². The van der Waals surface area contributed by atoms with Gasteiger partial charge in [0.2, 0.25) is 0 Å². The number of benzene rings is 2. The van der Waals surface area contributed by atoms with Gasteiger partial charge in [0.15, 0.2) is 0 Å². The summed E-state index contributed by atoms with van der Waals surface area (Å²) in [6.45, 7) is 9.37. The highest BCUT2D eigenvalue weighted by Crippen LogP contribution is 2.50. The molecule has 4 saturated carbocycles. The Balaban J connectivity index is 1.17. The first-order chi connectivity index (χ1) is 28.1. The van der Waals surface area contributed by atoms with E-state index in [4.69, 9.17) is 4.74 Å². The number of rotatable bonds is 22. The lowest BCUT2D eigenvalue weighted by atomic mass is 9.67. The molecular formula is C56H90O. The molecule has 1 nitrogen and oxygen atoms in total. The van der Waals surface area contributed by atoms with E-state index < -0.39 is 0 Å². The second-order valence-electron chi connectivity index (χ2n) is 20.6. The van der Waals surface area contributed by atoms with Crippen LogP contribution in [0.1, 0.15) is 242 Å². The fourth-order valence-electron chi connectivity index (χ4n) is 12.7. The van der Waals surface area contributed by atoms with E-state index >= 15 is 0 Å². The largest absolute Gasteiger partial charge is 0.365 e. The molecule has 0 aromatic heterocycles. The lowest BCUT2D eigenvalue weighted by Crippen LogP contribution is -2.31. The highest BCUT2D eigenvalue weighted by Gasteiger charge is 2.39. The molecule has 0 amide bonds. The fourth-order valence-corrected chi connectivity index (χ4v) is 12.7. The van der Waals surface area contributed by atoms with Gasteiger partial charge in [0.1, 0.15) is 0 Å². The van der Waals surface area contributed by atoms with E-state index in [1.807, 2.05) is 0 Å². The van der Waals surface area contributed by atoms with Crippen LogP contribution in [-0.4, -0.2) is 0 Å². The first-order valence-electron chi connectivity index (χ1n) is 25.9. The Morgan fingerprint density at radius 2 is 0.702 bits per heavy atom. The third-order valence-electron chi connectivity index (χ3n) is 16.6. The number of hydrogen-bond donors (Lipinski definition) is 0. The Hall–Kier alpha value is -1.60. The van der Waals surface area contributed by atoms with E-state index in [9.17, 15) is 0 Å². The average molecular weight is 779 g/mol. The van der Waals surface area contributed by atoms with Gasteiger partial charge in [-0.3, -0.25) is 0 Å². The Kier molecular flexibility index (Phi) is 19.4. The van der Waals surface area contributed by atoms with Crippen LogP contribution in [0.4, 0.5) is 0 Å². The summed E-state index contributed by atoms with van der Waals surface area (Å²) in [5.74, 6) is 7.15. The van der Waals surface area contributed by atoms with Crippen LogP contribution in [0.5, 0.6) is 0 Å². The molecule has 4 fully saturated rings. The van der Waals surface area contributed by atoms with Crippen LogP contribution in [0, 0.1) is 47.3 Å². The molecule has 4 aliphatic rings.